The molecule has 8 nitrogen and oxygen atoms in total. The summed E-state index contributed by atoms with van der Waals surface area (Å²) in [5, 5.41) is 3.46. The highest BCUT2D eigenvalue weighted by atomic mass is 35.5. The number of hydrogen-bond donors (Lipinski definition) is 1. The van der Waals surface area contributed by atoms with Gasteiger partial charge in [-0.1, -0.05) is 35.9 Å². The number of benzene rings is 3. The molecule has 2 fully saturated rings. The SMILES string of the molecule is O=C(Nc1ccc(Cl)cc1)[C@@H]1[C@@H]2C(=O)N(c3ccc4c(c3)OCO4)C(=O)[C@@H]2[C@@H]2c3ccccc3C=CN12. The molecule has 3 amide bonds. The van der Waals surface area contributed by atoms with Crippen LogP contribution in [0.15, 0.2) is 72.9 Å². The van der Waals surface area contributed by atoms with Crippen LogP contribution < -0.4 is 19.7 Å². The monoisotopic (exact) mass is 513 g/mol. The number of nitrogens with zero attached hydrogens (tertiary/aromatic N) is 2. The molecule has 3 aromatic rings. The minimum Gasteiger partial charge on any atom is -0.454 e. The maximum atomic E-state index is 14.0. The third kappa shape index (κ3) is 3.25. The number of fused-ring (bicyclic) bond motifs is 6. The van der Waals surface area contributed by atoms with Crippen molar-refractivity contribution < 1.29 is 23.9 Å². The lowest BCUT2D eigenvalue weighted by atomic mass is 9.84. The molecule has 4 aliphatic heterocycles. The van der Waals surface area contributed by atoms with E-state index in [9.17, 15) is 14.4 Å². The van der Waals surface area contributed by atoms with Crippen molar-refractivity contribution in [2.45, 2.75) is 12.1 Å². The van der Waals surface area contributed by atoms with Crippen LogP contribution in [0.2, 0.25) is 5.02 Å². The lowest BCUT2D eigenvalue weighted by molar-refractivity contribution is -0.128. The summed E-state index contributed by atoms with van der Waals surface area (Å²) in [4.78, 5) is 44.7. The van der Waals surface area contributed by atoms with Crippen molar-refractivity contribution in [3.8, 4) is 11.5 Å². The van der Waals surface area contributed by atoms with Crippen LogP contribution in [-0.4, -0.2) is 35.5 Å². The van der Waals surface area contributed by atoms with Gasteiger partial charge in [0.1, 0.15) is 6.04 Å². The van der Waals surface area contributed by atoms with Gasteiger partial charge < -0.3 is 19.7 Å². The van der Waals surface area contributed by atoms with Gasteiger partial charge in [0.15, 0.2) is 11.5 Å². The zero-order valence-corrected chi connectivity index (χ0v) is 20.1. The fraction of sp³-hybridized carbons (Fsp3) is 0.179. The number of ether oxygens (including phenoxy) is 2. The second kappa shape index (κ2) is 8.11. The fourth-order valence-electron chi connectivity index (χ4n) is 5.89. The van der Waals surface area contributed by atoms with Crippen LogP contribution >= 0.6 is 11.6 Å². The van der Waals surface area contributed by atoms with Crippen molar-refractivity contribution >= 4 is 46.8 Å². The summed E-state index contributed by atoms with van der Waals surface area (Å²) in [5.74, 6) is -1.68. The minimum absolute atomic E-state index is 0.0824. The molecule has 37 heavy (non-hydrogen) atoms. The van der Waals surface area contributed by atoms with Crippen LogP contribution in [0.4, 0.5) is 11.4 Å². The molecule has 0 aliphatic carbocycles. The van der Waals surface area contributed by atoms with E-state index in [1.165, 1.54) is 4.90 Å². The molecule has 4 atom stereocenters. The molecule has 0 bridgehead atoms. The summed E-state index contributed by atoms with van der Waals surface area (Å²) in [7, 11) is 0. The normalized spacial score (nSPS) is 24.7. The van der Waals surface area contributed by atoms with Gasteiger partial charge in [0.25, 0.3) is 0 Å². The standard InChI is InChI=1S/C28H20ClN3O5/c29-16-5-7-17(8-6-16)30-26(33)25-23-22(24-19-4-2-1-3-15(19)11-12-31(24)25)27(34)32(28(23)35)18-9-10-20-21(13-18)37-14-36-20/h1-13,22-25H,14H2,(H,30,33)/t22-,23+,24-,25-/m0/s1. The van der Waals surface area contributed by atoms with Crippen LogP contribution in [0.1, 0.15) is 17.2 Å². The molecular weight excluding hydrogens is 494 g/mol. The summed E-state index contributed by atoms with van der Waals surface area (Å²) in [6.45, 7) is 0.0824. The van der Waals surface area contributed by atoms with Crippen molar-refractivity contribution in [3.05, 3.63) is 89.1 Å². The molecule has 0 radical (unpaired) electrons. The molecule has 0 saturated carbocycles. The van der Waals surface area contributed by atoms with E-state index in [4.69, 9.17) is 21.1 Å². The molecule has 2 saturated heterocycles. The molecule has 1 N–H and O–H groups in total. The first-order valence-electron chi connectivity index (χ1n) is 11.9. The van der Waals surface area contributed by atoms with Gasteiger partial charge in [0.05, 0.1) is 23.6 Å². The van der Waals surface area contributed by atoms with Crippen LogP contribution in [0.25, 0.3) is 6.08 Å². The van der Waals surface area contributed by atoms with E-state index in [0.29, 0.717) is 27.9 Å². The zero-order valence-electron chi connectivity index (χ0n) is 19.3. The molecule has 184 valence electrons. The van der Waals surface area contributed by atoms with E-state index in [1.54, 1.807) is 42.5 Å². The molecule has 0 spiro atoms. The number of nitrogens with one attached hydrogen (secondary N) is 1. The van der Waals surface area contributed by atoms with Crippen molar-refractivity contribution in [1.29, 1.82) is 0 Å². The van der Waals surface area contributed by atoms with Gasteiger partial charge in [-0.2, -0.15) is 0 Å². The Labute approximate surface area is 217 Å². The van der Waals surface area contributed by atoms with Crippen molar-refractivity contribution in [3.63, 3.8) is 0 Å². The van der Waals surface area contributed by atoms with Gasteiger partial charge in [-0.25, -0.2) is 4.90 Å². The third-order valence-corrected chi connectivity index (χ3v) is 7.71. The van der Waals surface area contributed by atoms with Gasteiger partial charge >= 0.3 is 0 Å². The zero-order chi connectivity index (χ0) is 25.3. The van der Waals surface area contributed by atoms with Gasteiger partial charge in [0, 0.05) is 23.0 Å². The number of imide groups is 1. The molecule has 0 aromatic heterocycles. The second-order valence-electron chi connectivity index (χ2n) is 9.38. The average Bonchev–Trinajstić information content (AvgIpc) is 3.58. The number of carbonyl (C=O) groups is 3. The highest BCUT2D eigenvalue weighted by molar-refractivity contribution is 6.30. The quantitative estimate of drug-likeness (QED) is 0.528. The first-order valence-corrected chi connectivity index (χ1v) is 12.3. The van der Waals surface area contributed by atoms with Gasteiger partial charge in [0.2, 0.25) is 24.5 Å². The minimum atomic E-state index is -0.884. The summed E-state index contributed by atoms with van der Waals surface area (Å²) < 4.78 is 10.8. The lowest BCUT2D eigenvalue weighted by Gasteiger charge is -2.35. The van der Waals surface area contributed by atoms with Crippen LogP contribution in [-0.2, 0) is 14.4 Å². The highest BCUT2D eigenvalue weighted by Gasteiger charge is 2.64. The maximum Gasteiger partial charge on any atom is 0.247 e. The lowest BCUT2D eigenvalue weighted by Crippen LogP contribution is -2.46. The molecule has 0 unspecified atom stereocenters. The average molecular weight is 514 g/mol. The number of halogens is 1. The first-order chi connectivity index (χ1) is 18.0. The van der Waals surface area contributed by atoms with E-state index in [1.807, 2.05) is 41.4 Å². The third-order valence-electron chi connectivity index (χ3n) is 7.46. The number of carbonyl (C=O) groups excluding carboxylic acids is 3. The van der Waals surface area contributed by atoms with Gasteiger partial charge in [-0.05, 0) is 53.6 Å². The first kappa shape index (κ1) is 21.9. The van der Waals surface area contributed by atoms with E-state index in [-0.39, 0.29) is 18.6 Å². The number of rotatable bonds is 3. The molecule has 3 aromatic carbocycles. The summed E-state index contributed by atoms with van der Waals surface area (Å²) in [6, 6.07) is 18.2. The fourth-order valence-corrected chi connectivity index (χ4v) is 6.01. The largest absolute Gasteiger partial charge is 0.454 e. The number of anilines is 2. The molecule has 4 heterocycles. The van der Waals surface area contributed by atoms with Crippen molar-refractivity contribution in [2.24, 2.45) is 11.8 Å². The van der Waals surface area contributed by atoms with Crippen molar-refractivity contribution in [1.82, 2.24) is 4.90 Å². The van der Waals surface area contributed by atoms with E-state index in [0.717, 1.165) is 11.1 Å². The Morgan fingerprint density at radius 2 is 1.68 bits per heavy atom. The van der Waals surface area contributed by atoms with Gasteiger partial charge in [-0.15, -0.1) is 0 Å². The Morgan fingerprint density at radius 3 is 2.51 bits per heavy atom. The van der Waals surface area contributed by atoms with Gasteiger partial charge in [-0.3, -0.25) is 14.4 Å². The molecular formula is C28H20ClN3O5. The van der Waals surface area contributed by atoms with E-state index in [2.05, 4.69) is 5.32 Å². The van der Waals surface area contributed by atoms with Crippen LogP contribution in [0, 0.1) is 11.8 Å². The predicted octanol–water partition coefficient (Wildman–Crippen LogP) is 4.22. The summed E-state index contributed by atoms with van der Waals surface area (Å²) >= 11 is 6.00. The predicted molar refractivity (Wildman–Crippen MR) is 136 cm³/mol. The highest BCUT2D eigenvalue weighted by Crippen LogP contribution is 2.53. The van der Waals surface area contributed by atoms with Crippen LogP contribution in [0.5, 0.6) is 11.5 Å². The maximum absolute atomic E-state index is 14.0. The van der Waals surface area contributed by atoms with Crippen molar-refractivity contribution in [2.75, 3.05) is 17.0 Å². The van der Waals surface area contributed by atoms with Crippen LogP contribution in [0.3, 0.4) is 0 Å². The molecule has 9 heteroatoms. The summed E-state index contributed by atoms with van der Waals surface area (Å²) in [5.41, 5.74) is 2.83. The molecule has 7 rings (SSSR count). The molecule has 4 aliphatic rings. The summed E-state index contributed by atoms with van der Waals surface area (Å²) in [6.07, 6.45) is 3.74. The Bertz CT molecular complexity index is 1500. The smallest absolute Gasteiger partial charge is 0.247 e. The topological polar surface area (TPSA) is 88.2 Å². The second-order valence-corrected chi connectivity index (χ2v) is 9.82. The Balaban J connectivity index is 1.31. The van der Waals surface area contributed by atoms with E-state index < -0.39 is 29.8 Å². The Morgan fingerprint density at radius 1 is 0.919 bits per heavy atom. The number of hydrogen-bond acceptors (Lipinski definition) is 6. The Kier molecular flexibility index (Phi) is 4.81. The number of amides is 3. The van der Waals surface area contributed by atoms with E-state index >= 15 is 0 Å². The Hall–Kier alpha value is -4.30.